The Morgan fingerprint density at radius 3 is 2.60 bits per heavy atom. The smallest absolute Gasteiger partial charge is 0.328 e. The van der Waals surface area contributed by atoms with Crippen molar-refractivity contribution < 1.29 is 23.9 Å². The van der Waals surface area contributed by atoms with Crippen LogP contribution in [0.2, 0.25) is 0 Å². The van der Waals surface area contributed by atoms with Gasteiger partial charge in [-0.3, -0.25) is 14.6 Å². The summed E-state index contributed by atoms with van der Waals surface area (Å²) >= 11 is 0. The third-order valence-electron chi connectivity index (χ3n) is 2.58. The van der Waals surface area contributed by atoms with Crippen molar-refractivity contribution in [3.63, 3.8) is 0 Å². The molecule has 1 heterocycles. The summed E-state index contributed by atoms with van der Waals surface area (Å²) in [5, 5.41) is 2.50. The Balaban J connectivity index is 2.67. The molecule has 1 aromatic heterocycles. The van der Waals surface area contributed by atoms with Gasteiger partial charge in [0.15, 0.2) is 0 Å². The van der Waals surface area contributed by atoms with E-state index in [1.165, 1.54) is 26.6 Å². The van der Waals surface area contributed by atoms with Crippen LogP contribution in [0.25, 0.3) is 0 Å². The first kappa shape index (κ1) is 15.6. The first-order chi connectivity index (χ1) is 9.58. The van der Waals surface area contributed by atoms with Gasteiger partial charge >= 0.3 is 11.9 Å². The van der Waals surface area contributed by atoms with Gasteiger partial charge in [0.05, 0.1) is 19.8 Å². The highest BCUT2D eigenvalue weighted by molar-refractivity contribution is 5.96. The summed E-state index contributed by atoms with van der Waals surface area (Å²) in [6.07, 6.45) is 3.02. The monoisotopic (exact) mass is 280 g/mol. The Labute approximate surface area is 116 Å². The van der Waals surface area contributed by atoms with Gasteiger partial charge in [-0.15, -0.1) is 0 Å². The van der Waals surface area contributed by atoms with Crippen molar-refractivity contribution in [2.24, 2.45) is 0 Å². The zero-order chi connectivity index (χ0) is 15.0. The van der Waals surface area contributed by atoms with Crippen LogP contribution in [0.5, 0.6) is 0 Å². The zero-order valence-electron chi connectivity index (χ0n) is 11.3. The van der Waals surface area contributed by atoms with E-state index in [1.807, 2.05) is 0 Å². The number of amides is 1. The van der Waals surface area contributed by atoms with E-state index in [0.717, 1.165) is 0 Å². The highest BCUT2D eigenvalue weighted by Crippen LogP contribution is 2.04. The summed E-state index contributed by atoms with van der Waals surface area (Å²) < 4.78 is 9.08. The Bertz CT molecular complexity index is 475. The first-order valence-electron chi connectivity index (χ1n) is 5.94. The fourth-order valence-electron chi connectivity index (χ4n) is 1.49. The molecule has 0 aliphatic carbocycles. The average Bonchev–Trinajstić information content (AvgIpc) is 2.50. The van der Waals surface area contributed by atoms with Gasteiger partial charge in [-0.1, -0.05) is 0 Å². The third kappa shape index (κ3) is 4.68. The van der Waals surface area contributed by atoms with Gasteiger partial charge in [-0.25, -0.2) is 4.79 Å². The molecule has 0 fully saturated rings. The highest BCUT2D eigenvalue weighted by atomic mass is 16.5. The molecular formula is C13H16N2O5. The highest BCUT2D eigenvalue weighted by Gasteiger charge is 2.23. The SMILES string of the molecule is COC(=O)CC[C@H](NC(=O)c1cccnc1)C(=O)OC. The summed E-state index contributed by atoms with van der Waals surface area (Å²) in [4.78, 5) is 38.4. The van der Waals surface area contributed by atoms with Crippen molar-refractivity contribution in [3.05, 3.63) is 30.1 Å². The number of esters is 2. The number of carbonyl (C=O) groups is 3. The molecule has 108 valence electrons. The van der Waals surface area contributed by atoms with E-state index in [9.17, 15) is 14.4 Å². The van der Waals surface area contributed by atoms with Crippen LogP contribution in [0.15, 0.2) is 24.5 Å². The van der Waals surface area contributed by atoms with Crippen molar-refractivity contribution in [2.45, 2.75) is 18.9 Å². The van der Waals surface area contributed by atoms with Crippen LogP contribution < -0.4 is 5.32 Å². The Hall–Kier alpha value is -2.44. The van der Waals surface area contributed by atoms with Gasteiger partial charge in [-0.2, -0.15) is 0 Å². The van der Waals surface area contributed by atoms with E-state index in [2.05, 4.69) is 19.8 Å². The lowest BCUT2D eigenvalue weighted by Crippen LogP contribution is -2.41. The van der Waals surface area contributed by atoms with Gasteiger partial charge in [0.1, 0.15) is 6.04 Å². The van der Waals surface area contributed by atoms with Crippen LogP contribution in [-0.2, 0) is 19.1 Å². The molecule has 1 rings (SSSR count). The fraction of sp³-hybridized carbons (Fsp3) is 0.385. The van der Waals surface area contributed by atoms with E-state index >= 15 is 0 Å². The molecule has 0 radical (unpaired) electrons. The number of nitrogens with zero attached hydrogens (tertiary/aromatic N) is 1. The molecule has 1 aromatic rings. The Morgan fingerprint density at radius 2 is 2.05 bits per heavy atom. The first-order valence-corrected chi connectivity index (χ1v) is 5.94. The second-order valence-corrected chi connectivity index (χ2v) is 3.91. The van der Waals surface area contributed by atoms with Crippen molar-refractivity contribution >= 4 is 17.8 Å². The topological polar surface area (TPSA) is 94.6 Å². The Morgan fingerprint density at radius 1 is 1.30 bits per heavy atom. The predicted molar refractivity (Wildman–Crippen MR) is 68.8 cm³/mol. The normalized spacial score (nSPS) is 11.3. The van der Waals surface area contributed by atoms with Gasteiger partial charge in [0, 0.05) is 18.8 Å². The molecule has 0 saturated carbocycles. The van der Waals surface area contributed by atoms with Crippen molar-refractivity contribution in [3.8, 4) is 0 Å². The third-order valence-corrected chi connectivity index (χ3v) is 2.58. The molecule has 0 aromatic carbocycles. The maximum absolute atomic E-state index is 11.9. The number of aromatic nitrogens is 1. The van der Waals surface area contributed by atoms with Crippen molar-refractivity contribution in [1.29, 1.82) is 0 Å². The minimum Gasteiger partial charge on any atom is -0.469 e. The summed E-state index contributed by atoms with van der Waals surface area (Å²) in [6, 6.07) is 2.26. The summed E-state index contributed by atoms with van der Waals surface area (Å²) in [7, 11) is 2.47. The predicted octanol–water partition coefficient (Wildman–Crippen LogP) is 0.306. The average molecular weight is 280 g/mol. The number of carbonyl (C=O) groups excluding carboxylic acids is 3. The van der Waals surface area contributed by atoms with Crippen LogP contribution in [0.3, 0.4) is 0 Å². The molecule has 1 atom stereocenters. The molecular weight excluding hydrogens is 264 g/mol. The number of methoxy groups -OCH3 is 2. The maximum Gasteiger partial charge on any atom is 0.328 e. The lowest BCUT2D eigenvalue weighted by atomic mass is 10.1. The van der Waals surface area contributed by atoms with E-state index in [-0.39, 0.29) is 12.8 Å². The number of hydrogen-bond donors (Lipinski definition) is 1. The number of rotatable bonds is 6. The summed E-state index contributed by atoms with van der Waals surface area (Å²) in [5.41, 5.74) is 0.319. The summed E-state index contributed by atoms with van der Waals surface area (Å²) in [5.74, 6) is -1.54. The molecule has 0 bridgehead atoms. The maximum atomic E-state index is 11.9. The molecule has 0 spiro atoms. The molecule has 0 aliphatic rings. The lowest BCUT2D eigenvalue weighted by Gasteiger charge is -2.15. The molecule has 1 amide bonds. The fourth-order valence-corrected chi connectivity index (χ4v) is 1.49. The van der Waals surface area contributed by atoms with Crippen molar-refractivity contribution in [2.75, 3.05) is 14.2 Å². The van der Waals surface area contributed by atoms with Gasteiger partial charge in [-0.05, 0) is 18.6 Å². The van der Waals surface area contributed by atoms with Gasteiger partial charge in [0.25, 0.3) is 5.91 Å². The van der Waals surface area contributed by atoms with Gasteiger partial charge in [0.2, 0.25) is 0 Å². The molecule has 20 heavy (non-hydrogen) atoms. The minimum atomic E-state index is -0.910. The molecule has 7 nitrogen and oxygen atoms in total. The number of hydrogen-bond acceptors (Lipinski definition) is 6. The molecule has 0 saturated heterocycles. The standard InChI is InChI=1S/C13H16N2O5/c1-19-11(16)6-5-10(13(18)20-2)15-12(17)9-4-3-7-14-8-9/h3-4,7-8,10H,5-6H2,1-2H3,(H,15,17)/t10-/m0/s1. The van der Waals surface area contributed by atoms with E-state index in [0.29, 0.717) is 5.56 Å². The largest absolute Gasteiger partial charge is 0.469 e. The van der Waals surface area contributed by atoms with Crippen LogP contribution in [0.1, 0.15) is 23.2 Å². The van der Waals surface area contributed by atoms with Crippen LogP contribution in [0.4, 0.5) is 0 Å². The van der Waals surface area contributed by atoms with Crippen LogP contribution >= 0.6 is 0 Å². The van der Waals surface area contributed by atoms with Gasteiger partial charge < -0.3 is 14.8 Å². The number of ether oxygens (including phenoxy) is 2. The zero-order valence-corrected chi connectivity index (χ0v) is 11.3. The molecule has 0 unspecified atom stereocenters. The second kappa shape index (κ2) is 7.88. The summed E-state index contributed by atoms with van der Waals surface area (Å²) in [6.45, 7) is 0. The quantitative estimate of drug-likeness (QED) is 0.753. The second-order valence-electron chi connectivity index (χ2n) is 3.91. The lowest BCUT2D eigenvalue weighted by molar-refractivity contribution is -0.144. The molecule has 0 aliphatic heterocycles. The number of nitrogens with one attached hydrogen (secondary N) is 1. The molecule has 7 heteroatoms. The van der Waals surface area contributed by atoms with Crippen LogP contribution in [0, 0.1) is 0 Å². The molecule has 1 N–H and O–H groups in total. The minimum absolute atomic E-state index is 0.00356. The van der Waals surface area contributed by atoms with Crippen molar-refractivity contribution in [1.82, 2.24) is 10.3 Å². The number of pyridine rings is 1. The van der Waals surface area contributed by atoms with E-state index in [4.69, 9.17) is 0 Å². The van der Waals surface area contributed by atoms with E-state index < -0.39 is 23.9 Å². The van der Waals surface area contributed by atoms with E-state index in [1.54, 1.807) is 12.1 Å². The Kier molecular flexibility index (Phi) is 6.15. The van der Waals surface area contributed by atoms with Crippen LogP contribution in [-0.4, -0.2) is 43.1 Å².